The first-order chi connectivity index (χ1) is 9.29. The van der Waals surface area contributed by atoms with Crippen LogP contribution in [0.2, 0.25) is 0 Å². The number of nitrogens with zero attached hydrogens (tertiary/aromatic N) is 2. The second-order valence-electron chi connectivity index (χ2n) is 6.06. The second-order valence-corrected chi connectivity index (χ2v) is 6.06. The Labute approximate surface area is 124 Å². The summed E-state index contributed by atoms with van der Waals surface area (Å²) < 4.78 is 4.98. The SMILES string of the molecule is CCOC(=O)C(C)(N)CCCCN(C)CCCN(C)C. The molecule has 0 rings (SSSR count). The highest BCUT2D eigenvalue weighted by Gasteiger charge is 2.28. The summed E-state index contributed by atoms with van der Waals surface area (Å²) in [4.78, 5) is 16.2. The highest BCUT2D eigenvalue weighted by Crippen LogP contribution is 2.13. The Morgan fingerprint density at radius 3 is 2.25 bits per heavy atom. The van der Waals surface area contributed by atoms with Crippen LogP contribution >= 0.6 is 0 Å². The monoisotopic (exact) mass is 287 g/mol. The Hall–Kier alpha value is -0.650. The van der Waals surface area contributed by atoms with Gasteiger partial charge in [0, 0.05) is 0 Å². The summed E-state index contributed by atoms with van der Waals surface area (Å²) >= 11 is 0. The topological polar surface area (TPSA) is 58.8 Å². The molecule has 0 amide bonds. The van der Waals surface area contributed by atoms with Gasteiger partial charge in [0.05, 0.1) is 6.61 Å². The minimum absolute atomic E-state index is 0.292. The molecule has 0 spiro atoms. The molecule has 2 N–H and O–H groups in total. The summed E-state index contributed by atoms with van der Waals surface area (Å²) in [6, 6.07) is 0. The van der Waals surface area contributed by atoms with Gasteiger partial charge in [-0.2, -0.15) is 0 Å². The Balaban J connectivity index is 3.71. The number of hydrogen-bond donors (Lipinski definition) is 1. The van der Waals surface area contributed by atoms with Crippen molar-refractivity contribution in [3.05, 3.63) is 0 Å². The lowest BCUT2D eigenvalue weighted by atomic mass is 9.96. The number of unbranched alkanes of at least 4 members (excludes halogenated alkanes) is 1. The fraction of sp³-hybridized carbons (Fsp3) is 0.933. The van der Waals surface area contributed by atoms with Crippen molar-refractivity contribution in [3.63, 3.8) is 0 Å². The van der Waals surface area contributed by atoms with Gasteiger partial charge in [-0.25, -0.2) is 0 Å². The molecule has 0 saturated heterocycles. The molecule has 0 saturated carbocycles. The summed E-state index contributed by atoms with van der Waals surface area (Å²) in [5, 5.41) is 0. The normalized spacial score (nSPS) is 14.6. The van der Waals surface area contributed by atoms with E-state index in [0.717, 1.165) is 32.5 Å². The third-order valence-corrected chi connectivity index (χ3v) is 3.37. The van der Waals surface area contributed by atoms with Crippen molar-refractivity contribution in [1.82, 2.24) is 9.80 Å². The number of carbonyl (C=O) groups excluding carboxylic acids is 1. The first kappa shape index (κ1) is 19.4. The molecule has 0 aromatic rings. The van der Waals surface area contributed by atoms with E-state index in [1.165, 1.54) is 6.42 Å². The highest BCUT2D eigenvalue weighted by molar-refractivity contribution is 5.79. The van der Waals surface area contributed by atoms with Crippen LogP contribution in [-0.2, 0) is 9.53 Å². The summed E-state index contributed by atoms with van der Waals surface area (Å²) in [5.41, 5.74) is 5.14. The zero-order chi connectivity index (χ0) is 15.6. The predicted octanol–water partition coefficient (Wildman–Crippen LogP) is 1.32. The highest BCUT2D eigenvalue weighted by atomic mass is 16.5. The molecule has 5 heteroatoms. The van der Waals surface area contributed by atoms with E-state index in [1.807, 2.05) is 0 Å². The molecule has 0 aromatic carbocycles. The molecular weight excluding hydrogens is 254 g/mol. The number of rotatable bonds is 11. The van der Waals surface area contributed by atoms with Crippen LogP contribution < -0.4 is 5.73 Å². The molecule has 20 heavy (non-hydrogen) atoms. The van der Waals surface area contributed by atoms with Gasteiger partial charge in [0.1, 0.15) is 5.54 Å². The van der Waals surface area contributed by atoms with Gasteiger partial charge in [-0.15, -0.1) is 0 Å². The van der Waals surface area contributed by atoms with Crippen molar-refractivity contribution in [2.75, 3.05) is 47.4 Å². The fourth-order valence-electron chi connectivity index (χ4n) is 2.04. The lowest BCUT2D eigenvalue weighted by Crippen LogP contribution is -2.46. The molecule has 120 valence electrons. The van der Waals surface area contributed by atoms with Crippen LogP contribution in [0.1, 0.15) is 39.5 Å². The Morgan fingerprint density at radius 2 is 1.70 bits per heavy atom. The van der Waals surface area contributed by atoms with Crippen LogP contribution in [0.3, 0.4) is 0 Å². The summed E-state index contributed by atoms with van der Waals surface area (Å²) in [6.07, 6.45) is 3.87. The Bertz CT molecular complexity index is 268. The first-order valence-electron chi connectivity index (χ1n) is 7.59. The van der Waals surface area contributed by atoms with E-state index >= 15 is 0 Å². The van der Waals surface area contributed by atoms with Crippen LogP contribution in [0.25, 0.3) is 0 Å². The van der Waals surface area contributed by atoms with E-state index in [1.54, 1.807) is 13.8 Å². The lowest BCUT2D eigenvalue weighted by Gasteiger charge is -2.23. The van der Waals surface area contributed by atoms with Gasteiger partial charge in [0.25, 0.3) is 0 Å². The largest absolute Gasteiger partial charge is 0.465 e. The molecule has 0 aliphatic carbocycles. The second kappa shape index (κ2) is 10.1. The van der Waals surface area contributed by atoms with Crippen molar-refractivity contribution in [1.29, 1.82) is 0 Å². The van der Waals surface area contributed by atoms with Crippen molar-refractivity contribution in [3.8, 4) is 0 Å². The molecule has 0 bridgehead atoms. The molecule has 1 atom stereocenters. The molecule has 5 nitrogen and oxygen atoms in total. The van der Waals surface area contributed by atoms with Gasteiger partial charge in [-0.3, -0.25) is 4.79 Å². The van der Waals surface area contributed by atoms with Crippen LogP contribution in [-0.4, -0.2) is 68.7 Å². The molecule has 0 heterocycles. The van der Waals surface area contributed by atoms with Crippen molar-refractivity contribution < 1.29 is 9.53 Å². The number of hydrogen-bond acceptors (Lipinski definition) is 5. The number of ether oxygens (including phenoxy) is 1. The quantitative estimate of drug-likeness (QED) is 0.459. The Kier molecular flexibility index (Phi) is 9.80. The van der Waals surface area contributed by atoms with Gasteiger partial charge in [-0.1, -0.05) is 0 Å². The third kappa shape index (κ3) is 9.28. The maximum absolute atomic E-state index is 11.6. The molecule has 0 fully saturated rings. The summed E-state index contributed by atoms with van der Waals surface area (Å²) in [5.74, 6) is -0.292. The average Bonchev–Trinajstić information content (AvgIpc) is 2.34. The van der Waals surface area contributed by atoms with E-state index in [4.69, 9.17) is 10.5 Å². The minimum Gasteiger partial charge on any atom is -0.465 e. The molecule has 0 aliphatic heterocycles. The van der Waals surface area contributed by atoms with Gasteiger partial charge in [0.2, 0.25) is 0 Å². The zero-order valence-corrected chi connectivity index (χ0v) is 13.9. The van der Waals surface area contributed by atoms with Gasteiger partial charge >= 0.3 is 5.97 Å². The first-order valence-corrected chi connectivity index (χ1v) is 7.59. The molecule has 1 unspecified atom stereocenters. The maximum atomic E-state index is 11.6. The molecular formula is C15H33N3O2. The van der Waals surface area contributed by atoms with E-state index < -0.39 is 5.54 Å². The van der Waals surface area contributed by atoms with E-state index in [9.17, 15) is 4.79 Å². The van der Waals surface area contributed by atoms with E-state index in [-0.39, 0.29) is 5.97 Å². The fourth-order valence-corrected chi connectivity index (χ4v) is 2.04. The van der Waals surface area contributed by atoms with Crippen LogP contribution in [0.5, 0.6) is 0 Å². The summed E-state index contributed by atoms with van der Waals surface area (Å²) in [6.45, 7) is 7.22. The van der Waals surface area contributed by atoms with Crippen LogP contribution in [0.15, 0.2) is 0 Å². The smallest absolute Gasteiger partial charge is 0.325 e. The average molecular weight is 287 g/mol. The van der Waals surface area contributed by atoms with Gasteiger partial charge in [-0.05, 0) is 80.3 Å². The minimum atomic E-state index is -0.848. The lowest BCUT2D eigenvalue weighted by molar-refractivity contribution is -0.149. The third-order valence-electron chi connectivity index (χ3n) is 3.37. The van der Waals surface area contributed by atoms with Gasteiger partial charge < -0.3 is 20.3 Å². The molecule has 0 radical (unpaired) electrons. The maximum Gasteiger partial charge on any atom is 0.325 e. The number of carbonyl (C=O) groups is 1. The van der Waals surface area contributed by atoms with Crippen LogP contribution in [0, 0.1) is 0 Å². The molecule has 0 aromatic heterocycles. The number of esters is 1. The van der Waals surface area contributed by atoms with Crippen molar-refractivity contribution in [2.24, 2.45) is 5.73 Å². The van der Waals surface area contributed by atoms with Crippen LogP contribution in [0.4, 0.5) is 0 Å². The van der Waals surface area contributed by atoms with E-state index in [0.29, 0.717) is 13.0 Å². The standard InChI is InChI=1S/C15H33N3O2/c1-6-20-14(19)15(2,16)10-7-8-12-18(5)13-9-11-17(3)4/h6-13,16H2,1-5H3. The molecule has 0 aliphatic rings. The van der Waals surface area contributed by atoms with Crippen molar-refractivity contribution >= 4 is 5.97 Å². The van der Waals surface area contributed by atoms with E-state index in [2.05, 4.69) is 30.9 Å². The number of nitrogens with two attached hydrogens (primary N) is 1. The predicted molar refractivity (Wildman–Crippen MR) is 83.7 cm³/mol. The van der Waals surface area contributed by atoms with Gasteiger partial charge in [0.15, 0.2) is 0 Å². The Morgan fingerprint density at radius 1 is 1.10 bits per heavy atom. The zero-order valence-electron chi connectivity index (χ0n) is 13.9. The summed E-state index contributed by atoms with van der Waals surface area (Å²) in [7, 11) is 6.33. The van der Waals surface area contributed by atoms with Crippen molar-refractivity contribution in [2.45, 2.75) is 45.1 Å².